The lowest BCUT2D eigenvalue weighted by molar-refractivity contribution is -0.131. The van der Waals surface area contributed by atoms with Gasteiger partial charge in [-0.2, -0.15) is 10.2 Å². The summed E-state index contributed by atoms with van der Waals surface area (Å²) in [4.78, 5) is 33.1. The van der Waals surface area contributed by atoms with Crippen LogP contribution in [-0.2, 0) is 17.6 Å². The summed E-state index contributed by atoms with van der Waals surface area (Å²) >= 11 is 0. The smallest absolute Gasteiger partial charge is 0.282 e. The summed E-state index contributed by atoms with van der Waals surface area (Å²) < 4.78 is 28.5. The first-order valence-electron chi connectivity index (χ1n) is 16.6. The summed E-state index contributed by atoms with van der Waals surface area (Å²) in [5.41, 5.74) is 2.44. The number of piperidine rings is 1. The molecule has 0 bridgehead atoms. The van der Waals surface area contributed by atoms with Crippen molar-refractivity contribution in [3.63, 3.8) is 0 Å². The predicted molar refractivity (Wildman–Crippen MR) is 173 cm³/mol. The van der Waals surface area contributed by atoms with Crippen molar-refractivity contribution in [3.05, 3.63) is 47.7 Å². The van der Waals surface area contributed by atoms with Gasteiger partial charge >= 0.3 is 0 Å². The van der Waals surface area contributed by atoms with Crippen LogP contribution in [-0.4, -0.2) is 102 Å². The average molecular weight is 635 g/mol. The largest absolute Gasteiger partial charge is 0.506 e. The van der Waals surface area contributed by atoms with Crippen LogP contribution >= 0.6 is 0 Å². The topological polar surface area (TPSA) is 103 Å². The summed E-state index contributed by atoms with van der Waals surface area (Å²) in [6.45, 7) is 13.7. The first-order chi connectivity index (χ1) is 22.2. The second-order valence-corrected chi connectivity index (χ2v) is 13.2. The predicted octanol–water partition coefficient (Wildman–Crippen LogP) is 4.04. The second kappa shape index (κ2) is 13.0. The SMILES string of the molecule is C=C(F)C(=O)N1CCN(c2nc(N3CC(N(CC)CC)C3)nc3c2CCC2(CCN(c4c(O)cccc4F)CC2)C3)CC1CC#N. The van der Waals surface area contributed by atoms with E-state index >= 15 is 0 Å². The summed E-state index contributed by atoms with van der Waals surface area (Å²) in [5.74, 6) is -0.654. The third-order valence-corrected chi connectivity index (χ3v) is 10.7. The number of benzene rings is 1. The van der Waals surface area contributed by atoms with Crippen LogP contribution in [0, 0.1) is 22.6 Å². The zero-order valence-corrected chi connectivity index (χ0v) is 26.9. The number of para-hydroxylation sites is 1. The van der Waals surface area contributed by atoms with Crippen molar-refractivity contribution < 1.29 is 18.7 Å². The highest BCUT2D eigenvalue weighted by atomic mass is 19.1. The molecule has 4 aliphatic rings. The number of aromatic hydroxyl groups is 1. The first kappa shape index (κ1) is 32.0. The van der Waals surface area contributed by atoms with Gasteiger partial charge in [-0.15, -0.1) is 0 Å². The van der Waals surface area contributed by atoms with Crippen molar-refractivity contribution in [3.8, 4) is 11.8 Å². The van der Waals surface area contributed by atoms with Crippen LogP contribution in [0.25, 0.3) is 0 Å². The van der Waals surface area contributed by atoms with Crippen molar-refractivity contribution in [1.29, 1.82) is 5.26 Å². The highest BCUT2D eigenvalue weighted by molar-refractivity contribution is 5.91. The molecule has 1 atom stereocenters. The Morgan fingerprint density at radius 3 is 2.48 bits per heavy atom. The molecule has 10 nitrogen and oxygen atoms in total. The molecule has 46 heavy (non-hydrogen) atoms. The summed E-state index contributed by atoms with van der Waals surface area (Å²) in [6, 6.07) is 6.59. The Morgan fingerprint density at radius 2 is 1.83 bits per heavy atom. The van der Waals surface area contributed by atoms with Gasteiger partial charge < -0.3 is 24.7 Å². The molecule has 6 rings (SSSR count). The number of hydrogen-bond acceptors (Lipinski definition) is 9. The maximum Gasteiger partial charge on any atom is 0.282 e. The number of carbonyl (C=O) groups excluding carboxylic acids is 1. The lowest BCUT2D eigenvalue weighted by Crippen LogP contribution is -2.60. The number of hydrogen-bond donors (Lipinski definition) is 1. The number of carbonyl (C=O) groups is 1. The van der Waals surface area contributed by atoms with Crippen molar-refractivity contribution in [2.75, 3.05) is 73.6 Å². The average Bonchev–Trinajstić information content (AvgIpc) is 3.02. The molecular weight excluding hydrogens is 590 g/mol. The van der Waals surface area contributed by atoms with E-state index in [1.54, 1.807) is 0 Å². The van der Waals surface area contributed by atoms with Crippen molar-refractivity contribution in [2.24, 2.45) is 5.41 Å². The number of amides is 1. The molecule has 12 heteroatoms. The Kier molecular flexibility index (Phi) is 9.06. The van der Waals surface area contributed by atoms with Gasteiger partial charge in [-0.3, -0.25) is 9.69 Å². The Bertz CT molecular complexity index is 1490. The van der Waals surface area contributed by atoms with Crippen LogP contribution in [0.2, 0.25) is 0 Å². The lowest BCUT2D eigenvalue weighted by Gasteiger charge is -2.48. The van der Waals surface area contributed by atoms with Gasteiger partial charge in [0.15, 0.2) is 5.83 Å². The minimum atomic E-state index is -1.01. The lowest BCUT2D eigenvalue weighted by atomic mass is 9.67. The molecule has 1 unspecified atom stereocenters. The second-order valence-electron chi connectivity index (χ2n) is 13.2. The van der Waals surface area contributed by atoms with E-state index in [-0.39, 0.29) is 29.8 Å². The van der Waals surface area contributed by atoms with Crippen molar-refractivity contribution >= 4 is 23.4 Å². The minimum Gasteiger partial charge on any atom is -0.506 e. The number of piperazine rings is 1. The fraction of sp³-hybridized carbons (Fsp3) is 0.588. The maximum atomic E-state index is 14.7. The molecule has 1 amide bonds. The fourth-order valence-corrected chi connectivity index (χ4v) is 7.93. The van der Waals surface area contributed by atoms with Gasteiger partial charge in [0.25, 0.3) is 5.91 Å². The molecule has 4 heterocycles. The molecule has 3 fully saturated rings. The molecule has 3 aliphatic heterocycles. The number of halogens is 2. The number of fused-ring (bicyclic) bond motifs is 1. The highest BCUT2D eigenvalue weighted by Gasteiger charge is 2.42. The third kappa shape index (κ3) is 5.97. The standard InChI is InChI=1S/C34H44F2N8O2/c1-4-40(5-2)25-21-43(22-25)33-38-28-19-34(12-15-41(16-13-34)30-27(36)7-6-8-29(30)45)11-9-26(28)31(39-33)42-17-18-44(32(46)23(3)35)24(20-42)10-14-37/h6-8,24-25,45H,3-5,9-13,15-22H2,1-2H3. The summed E-state index contributed by atoms with van der Waals surface area (Å²) in [6.07, 6.45) is 4.34. The summed E-state index contributed by atoms with van der Waals surface area (Å²) in [5, 5.41) is 19.9. The van der Waals surface area contributed by atoms with E-state index in [0.717, 1.165) is 75.4 Å². The highest BCUT2D eigenvalue weighted by Crippen LogP contribution is 2.47. The molecule has 0 radical (unpaired) electrons. The minimum absolute atomic E-state index is 0.0158. The van der Waals surface area contributed by atoms with Crippen molar-refractivity contribution in [1.82, 2.24) is 19.8 Å². The van der Waals surface area contributed by atoms with E-state index in [0.29, 0.717) is 38.2 Å². The Balaban J connectivity index is 1.27. The van der Waals surface area contributed by atoms with E-state index in [1.807, 2.05) is 4.90 Å². The molecule has 1 aromatic heterocycles. The van der Waals surface area contributed by atoms with Crippen LogP contribution in [0.3, 0.4) is 0 Å². The number of likely N-dealkylation sites (N-methyl/N-ethyl adjacent to an activating group) is 1. The molecule has 1 aromatic carbocycles. The Morgan fingerprint density at radius 1 is 1.09 bits per heavy atom. The molecule has 1 spiro atoms. The monoisotopic (exact) mass is 634 g/mol. The molecular formula is C34H44F2N8O2. The molecule has 3 saturated heterocycles. The van der Waals surface area contributed by atoms with Crippen LogP contribution in [0.4, 0.5) is 26.2 Å². The number of rotatable bonds is 8. The normalized spacial score (nSPS) is 21.3. The quantitative estimate of drug-likeness (QED) is 0.431. The van der Waals surface area contributed by atoms with E-state index in [1.165, 1.54) is 23.1 Å². The summed E-state index contributed by atoms with van der Waals surface area (Å²) in [7, 11) is 0. The molecule has 0 saturated carbocycles. The van der Waals surface area contributed by atoms with Crippen LogP contribution < -0.4 is 14.7 Å². The first-order valence-corrected chi connectivity index (χ1v) is 16.6. The Hall–Kier alpha value is -3.98. The van der Waals surface area contributed by atoms with Crippen LogP contribution in [0.5, 0.6) is 5.75 Å². The number of anilines is 3. The number of phenols is 1. The van der Waals surface area contributed by atoms with Crippen LogP contribution in [0.1, 0.15) is 50.8 Å². The van der Waals surface area contributed by atoms with Gasteiger partial charge in [0.1, 0.15) is 23.1 Å². The zero-order chi connectivity index (χ0) is 32.6. The van der Waals surface area contributed by atoms with Gasteiger partial charge in [-0.25, -0.2) is 13.8 Å². The fourth-order valence-electron chi connectivity index (χ4n) is 7.93. The zero-order valence-electron chi connectivity index (χ0n) is 26.9. The number of nitriles is 1. The van der Waals surface area contributed by atoms with Gasteiger partial charge in [0, 0.05) is 57.4 Å². The van der Waals surface area contributed by atoms with E-state index in [9.17, 15) is 23.9 Å². The van der Waals surface area contributed by atoms with Gasteiger partial charge in [-0.1, -0.05) is 26.5 Å². The Labute approximate surface area is 269 Å². The van der Waals surface area contributed by atoms with Gasteiger partial charge in [-0.05, 0) is 62.7 Å². The third-order valence-electron chi connectivity index (χ3n) is 10.7. The van der Waals surface area contributed by atoms with E-state index in [4.69, 9.17) is 9.97 Å². The number of aromatic nitrogens is 2. The van der Waals surface area contributed by atoms with Crippen LogP contribution in [0.15, 0.2) is 30.6 Å². The number of nitrogens with zero attached hydrogens (tertiary/aromatic N) is 8. The molecule has 246 valence electrons. The number of phenolic OH excluding ortho intramolecular Hbond substituents is 1. The maximum absolute atomic E-state index is 14.7. The molecule has 1 aliphatic carbocycles. The van der Waals surface area contributed by atoms with E-state index < -0.39 is 23.6 Å². The molecule has 2 aromatic rings. The van der Waals surface area contributed by atoms with Crippen molar-refractivity contribution in [2.45, 2.75) is 64.5 Å². The van der Waals surface area contributed by atoms with Gasteiger partial charge in [0.05, 0.1) is 24.2 Å². The molecule has 1 N–H and O–H groups in total. The van der Waals surface area contributed by atoms with Gasteiger partial charge in [0.2, 0.25) is 5.95 Å². The van der Waals surface area contributed by atoms with E-state index in [2.05, 4.69) is 41.2 Å².